The topological polar surface area (TPSA) is 102 Å². The van der Waals surface area contributed by atoms with Gasteiger partial charge >= 0.3 is 5.91 Å². The van der Waals surface area contributed by atoms with Gasteiger partial charge in [0.2, 0.25) is 0 Å². The minimum absolute atomic E-state index is 0.105. The van der Waals surface area contributed by atoms with Crippen LogP contribution < -0.4 is 10.9 Å². The molecule has 2 aromatic heterocycles. The van der Waals surface area contributed by atoms with E-state index in [1.165, 1.54) is 24.5 Å². The lowest BCUT2D eigenvalue weighted by atomic mass is 10.2. The lowest BCUT2D eigenvalue weighted by molar-refractivity contribution is -0.117. The zero-order valence-electron chi connectivity index (χ0n) is 13.1. The maximum atomic E-state index is 11.7. The molecule has 0 aliphatic heterocycles. The first-order chi connectivity index (χ1) is 12.2. The van der Waals surface area contributed by atoms with Crippen LogP contribution in [0.3, 0.4) is 0 Å². The summed E-state index contributed by atoms with van der Waals surface area (Å²) in [5, 5.41) is 7.96. The molecule has 0 unspecified atom stereocenters. The summed E-state index contributed by atoms with van der Waals surface area (Å²) in [7, 11) is 0. The van der Waals surface area contributed by atoms with Gasteiger partial charge in [0.25, 0.3) is 5.91 Å². The third-order valence-corrected chi connectivity index (χ3v) is 3.19. The van der Waals surface area contributed by atoms with Crippen LogP contribution in [0.25, 0.3) is 6.08 Å². The average molecular weight is 337 g/mol. The van der Waals surface area contributed by atoms with Crippen LogP contribution in [-0.2, 0) is 11.3 Å². The first-order valence-corrected chi connectivity index (χ1v) is 7.47. The Hall–Kier alpha value is -3.68. The highest BCUT2D eigenvalue weighted by atomic mass is 16.3. The Balaban J connectivity index is 1.50. The molecule has 8 nitrogen and oxygen atoms in total. The molecule has 2 N–H and O–H groups in total. The Bertz CT molecular complexity index is 869. The van der Waals surface area contributed by atoms with Gasteiger partial charge in [0, 0.05) is 6.08 Å². The monoisotopic (exact) mass is 337 g/mol. The molecule has 0 radical (unpaired) electrons. The number of carbonyl (C=O) groups is 2. The van der Waals surface area contributed by atoms with Crippen molar-refractivity contribution in [2.24, 2.45) is 0 Å². The van der Waals surface area contributed by atoms with Crippen molar-refractivity contribution >= 4 is 17.9 Å². The van der Waals surface area contributed by atoms with Crippen molar-refractivity contribution in [3.63, 3.8) is 0 Å². The number of benzene rings is 1. The van der Waals surface area contributed by atoms with Crippen LogP contribution in [0.4, 0.5) is 0 Å². The number of nitrogens with zero attached hydrogens (tertiary/aromatic N) is 3. The van der Waals surface area contributed by atoms with Crippen LogP contribution in [0, 0.1) is 0 Å². The molecule has 1 aromatic carbocycles. The highest BCUT2D eigenvalue weighted by Crippen LogP contribution is 2.03. The molecule has 0 atom stereocenters. The number of hydrogen-bond donors (Lipinski definition) is 2. The largest absolute Gasteiger partial charge is 0.459 e. The van der Waals surface area contributed by atoms with Gasteiger partial charge < -0.3 is 4.42 Å². The molecule has 3 rings (SSSR count). The number of hydrogen-bond acceptors (Lipinski definition) is 5. The van der Waals surface area contributed by atoms with E-state index >= 15 is 0 Å². The molecule has 126 valence electrons. The molecule has 0 aliphatic rings. The van der Waals surface area contributed by atoms with E-state index in [2.05, 4.69) is 21.2 Å². The van der Waals surface area contributed by atoms with E-state index < -0.39 is 11.8 Å². The lowest BCUT2D eigenvalue weighted by Gasteiger charge is -2.02. The third-order valence-electron chi connectivity index (χ3n) is 3.19. The SMILES string of the molecule is O=C(/C=C/c1cn(Cc2ccccc2)nn1)NNC(=O)c1ccco1. The predicted octanol–water partition coefficient (Wildman–Crippen LogP) is 1.39. The van der Waals surface area contributed by atoms with E-state index in [0.29, 0.717) is 12.2 Å². The molecule has 0 bridgehead atoms. The third kappa shape index (κ3) is 4.64. The van der Waals surface area contributed by atoms with Crippen molar-refractivity contribution in [2.45, 2.75) is 6.54 Å². The van der Waals surface area contributed by atoms with Gasteiger partial charge in [0.1, 0.15) is 5.69 Å². The first-order valence-electron chi connectivity index (χ1n) is 7.47. The van der Waals surface area contributed by atoms with Gasteiger partial charge in [-0.25, -0.2) is 4.68 Å². The Morgan fingerprint density at radius 1 is 1.12 bits per heavy atom. The van der Waals surface area contributed by atoms with E-state index in [4.69, 9.17) is 4.42 Å². The van der Waals surface area contributed by atoms with Crippen LogP contribution in [0.1, 0.15) is 21.8 Å². The lowest BCUT2D eigenvalue weighted by Crippen LogP contribution is -2.40. The number of rotatable bonds is 5. The van der Waals surface area contributed by atoms with E-state index in [1.54, 1.807) is 16.9 Å². The van der Waals surface area contributed by atoms with E-state index in [0.717, 1.165) is 5.56 Å². The Labute approximate surface area is 143 Å². The summed E-state index contributed by atoms with van der Waals surface area (Å²) in [6.07, 6.45) is 5.84. The molecular weight excluding hydrogens is 322 g/mol. The normalized spacial score (nSPS) is 10.7. The van der Waals surface area contributed by atoms with E-state index in [1.807, 2.05) is 30.3 Å². The molecule has 0 saturated heterocycles. The highest BCUT2D eigenvalue weighted by Gasteiger charge is 2.08. The Kier molecular flexibility index (Phi) is 5.01. The fraction of sp³-hybridized carbons (Fsp3) is 0.0588. The van der Waals surface area contributed by atoms with Gasteiger partial charge in [-0.05, 0) is 23.8 Å². The molecule has 0 spiro atoms. The fourth-order valence-corrected chi connectivity index (χ4v) is 2.03. The Morgan fingerprint density at radius 3 is 2.72 bits per heavy atom. The molecule has 8 heteroatoms. The van der Waals surface area contributed by atoms with Gasteiger partial charge in [-0.3, -0.25) is 20.4 Å². The summed E-state index contributed by atoms with van der Waals surface area (Å²) >= 11 is 0. The minimum Gasteiger partial charge on any atom is -0.459 e. The quantitative estimate of drug-likeness (QED) is 0.541. The number of hydrazine groups is 1. The summed E-state index contributed by atoms with van der Waals surface area (Å²) in [4.78, 5) is 23.3. The van der Waals surface area contributed by atoms with Gasteiger partial charge in [0.05, 0.1) is 19.0 Å². The van der Waals surface area contributed by atoms with Crippen molar-refractivity contribution in [3.8, 4) is 0 Å². The first kappa shape index (κ1) is 16.2. The summed E-state index contributed by atoms with van der Waals surface area (Å²) in [6.45, 7) is 0.590. The number of amides is 2. The predicted molar refractivity (Wildman–Crippen MR) is 88.9 cm³/mol. The maximum Gasteiger partial charge on any atom is 0.305 e. The molecule has 0 aliphatic carbocycles. The number of carbonyl (C=O) groups excluding carboxylic acids is 2. The second kappa shape index (κ2) is 7.73. The zero-order valence-corrected chi connectivity index (χ0v) is 13.1. The standard InChI is InChI=1S/C17H15N5O3/c23-16(19-20-17(24)15-7-4-10-25-15)9-8-14-12-22(21-18-14)11-13-5-2-1-3-6-13/h1-10,12H,11H2,(H,19,23)(H,20,24)/b9-8+. The summed E-state index contributed by atoms with van der Waals surface area (Å²) < 4.78 is 6.58. The smallest absolute Gasteiger partial charge is 0.305 e. The maximum absolute atomic E-state index is 11.7. The minimum atomic E-state index is -0.541. The highest BCUT2D eigenvalue weighted by molar-refractivity contribution is 5.96. The van der Waals surface area contributed by atoms with Crippen molar-refractivity contribution in [2.75, 3.05) is 0 Å². The van der Waals surface area contributed by atoms with Gasteiger partial charge in [0.15, 0.2) is 5.76 Å². The number of nitrogens with one attached hydrogen (secondary N) is 2. The molecule has 3 aromatic rings. The average Bonchev–Trinajstić information content (AvgIpc) is 3.31. The van der Waals surface area contributed by atoms with Crippen molar-refractivity contribution in [3.05, 3.63) is 78.0 Å². The van der Waals surface area contributed by atoms with E-state index in [-0.39, 0.29) is 5.76 Å². The van der Waals surface area contributed by atoms with Crippen molar-refractivity contribution < 1.29 is 14.0 Å². The molecular formula is C17H15N5O3. The van der Waals surface area contributed by atoms with Crippen LogP contribution in [0.15, 0.2) is 65.4 Å². The van der Waals surface area contributed by atoms with Gasteiger partial charge in [-0.2, -0.15) is 0 Å². The fourth-order valence-electron chi connectivity index (χ4n) is 2.03. The summed E-state index contributed by atoms with van der Waals surface area (Å²) in [5.74, 6) is -0.939. The zero-order chi connectivity index (χ0) is 17.5. The van der Waals surface area contributed by atoms with Crippen LogP contribution >= 0.6 is 0 Å². The summed E-state index contributed by atoms with van der Waals surface area (Å²) in [6, 6.07) is 12.9. The van der Waals surface area contributed by atoms with Crippen LogP contribution in [-0.4, -0.2) is 26.8 Å². The van der Waals surface area contributed by atoms with Crippen molar-refractivity contribution in [1.29, 1.82) is 0 Å². The number of furan rings is 1. The Morgan fingerprint density at radius 2 is 1.96 bits per heavy atom. The second-order valence-electron chi connectivity index (χ2n) is 5.08. The van der Waals surface area contributed by atoms with E-state index in [9.17, 15) is 9.59 Å². The van der Waals surface area contributed by atoms with Crippen molar-refractivity contribution in [1.82, 2.24) is 25.8 Å². The van der Waals surface area contributed by atoms with Crippen LogP contribution in [0.2, 0.25) is 0 Å². The van der Waals surface area contributed by atoms with Gasteiger partial charge in [-0.1, -0.05) is 35.5 Å². The van der Waals surface area contributed by atoms with Crippen LogP contribution in [0.5, 0.6) is 0 Å². The summed E-state index contributed by atoms with van der Waals surface area (Å²) in [5.41, 5.74) is 6.11. The molecule has 2 amide bonds. The second-order valence-corrected chi connectivity index (χ2v) is 5.08. The molecule has 2 heterocycles. The van der Waals surface area contributed by atoms with Gasteiger partial charge in [-0.15, -0.1) is 5.10 Å². The molecule has 0 fully saturated rings. The molecule has 25 heavy (non-hydrogen) atoms. The number of aromatic nitrogens is 3. The molecule has 0 saturated carbocycles.